The van der Waals surface area contributed by atoms with Crippen LogP contribution in [-0.2, 0) is 11.3 Å². The molecule has 0 saturated carbocycles. The lowest BCUT2D eigenvalue weighted by Crippen LogP contribution is -2.32. The monoisotopic (exact) mass is 319 g/mol. The van der Waals surface area contributed by atoms with E-state index in [-0.39, 0.29) is 11.8 Å². The highest BCUT2D eigenvalue weighted by molar-refractivity contribution is 9.11. The van der Waals surface area contributed by atoms with E-state index in [0.717, 1.165) is 16.9 Å². The number of halogens is 1. The van der Waals surface area contributed by atoms with E-state index < -0.39 is 5.97 Å². The first kappa shape index (κ1) is 14.7. The lowest BCUT2D eigenvalue weighted by molar-refractivity contribution is -0.139. The maximum Gasteiger partial charge on any atom is 0.303 e. The van der Waals surface area contributed by atoms with E-state index in [4.69, 9.17) is 5.11 Å². The van der Waals surface area contributed by atoms with Gasteiger partial charge in [0.25, 0.3) is 0 Å². The van der Waals surface area contributed by atoms with E-state index in [1.54, 1.807) is 11.3 Å². The van der Waals surface area contributed by atoms with Crippen molar-refractivity contribution in [2.45, 2.75) is 26.8 Å². The molecule has 3 nitrogen and oxygen atoms in total. The summed E-state index contributed by atoms with van der Waals surface area (Å²) in [6.07, 6.45) is 0.200. The number of hydrogen-bond acceptors (Lipinski definition) is 3. The number of carboxylic acid groups (broad SMARTS) is 1. The van der Waals surface area contributed by atoms with Crippen LogP contribution in [-0.4, -0.2) is 29.6 Å². The lowest BCUT2D eigenvalue weighted by atomic mass is 9.89. The maximum absolute atomic E-state index is 10.7. The Labute approximate surface area is 115 Å². The Morgan fingerprint density at radius 2 is 2.18 bits per heavy atom. The molecular formula is C12H18BrNO2S. The minimum atomic E-state index is -0.734. The van der Waals surface area contributed by atoms with Gasteiger partial charge in [-0.05, 0) is 40.5 Å². The predicted molar refractivity (Wildman–Crippen MR) is 74.4 cm³/mol. The van der Waals surface area contributed by atoms with Crippen molar-refractivity contribution in [2.75, 3.05) is 13.6 Å². The molecule has 1 rings (SSSR count). The number of rotatable bonds is 6. The summed E-state index contributed by atoms with van der Waals surface area (Å²) in [6, 6.07) is 4.13. The largest absolute Gasteiger partial charge is 0.481 e. The molecule has 0 aromatic carbocycles. The Balaban J connectivity index is 2.48. The quantitative estimate of drug-likeness (QED) is 0.873. The van der Waals surface area contributed by atoms with E-state index in [1.807, 2.05) is 27.0 Å². The average Bonchev–Trinajstić information content (AvgIpc) is 2.46. The summed E-state index contributed by atoms with van der Waals surface area (Å²) in [5.74, 6) is -0.734. The van der Waals surface area contributed by atoms with Gasteiger partial charge in [-0.1, -0.05) is 13.8 Å². The van der Waals surface area contributed by atoms with Crippen LogP contribution < -0.4 is 0 Å². The van der Waals surface area contributed by atoms with Gasteiger partial charge in [0.15, 0.2) is 0 Å². The van der Waals surface area contributed by atoms with Crippen LogP contribution in [0, 0.1) is 5.41 Å². The van der Waals surface area contributed by atoms with Crippen LogP contribution in [0.2, 0.25) is 0 Å². The molecule has 1 heterocycles. The lowest BCUT2D eigenvalue weighted by Gasteiger charge is -2.28. The molecule has 0 radical (unpaired) electrons. The summed E-state index contributed by atoms with van der Waals surface area (Å²) < 4.78 is 1.13. The first-order valence-electron chi connectivity index (χ1n) is 5.43. The fraction of sp³-hybridized carbons (Fsp3) is 0.583. The number of nitrogens with zero attached hydrogens (tertiary/aromatic N) is 1. The van der Waals surface area contributed by atoms with Crippen molar-refractivity contribution < 1.29 is 9.90 Å². The predicted octanol–water partition coefficient (Wildman–Crippen LogP) is 3.44. The van der Waals surface area contributed by atoms with Gasteiger partial charge in [0.2, 0.25) is 0 Å². The van der Waals surface area contributed by atoms with Crippen molar-refractivity contribution in [3.63, 3.8) is 0 Å². The minimum absolute atomic E-state index is 0.199. The topological polar surface area (TPSA) is 40.5 Å². The third-order valence-electron chi connectivity index (χ3n) is 2.38. The first-order chi connectivity index (χ1) is 7.78. The van der Waals surface area contributed by atoms with Crippen LogP contribution in [0.1, 0.15) is 25.1 Å². The zero-order chi connectivity index (χ0) is 13.1. The van der Waals surface area contributed by atoms with Crippen LogP contribution in [0.25, 0.3) is 0 Å². The van der Waals surface area contributed by atoms with Crippen molar-refractivity contribution in [2.24, 2.45) is 5.41 Å². The molecule has 0 aliphatic rings. The third kappa shape index (κ3) is 5.66. The van der Waals surface area contributed by atoms with Crippen molar-refractivity contribution in [1.29, 1.82) is 0 Å². The van der Waals surface area contributed by atoms with Gasteiger partial charge in [-0.3, -0.25) is 4.79 Å². The van der Waals surface area contributed by atoms with Gasteiger partial charge in [-0.2, -0.15) is 0 Å². The van der Waals surface area contributed by atoms with Crippen molar-refractivity contribution in [1.82, 2.24) is 4.90 Å². The fourth-order valence-corrected chi connectivity index (χ4v) is 3.52. The van der Waals surface area contributed by atoms with Gasteiger partial charge in [0.05, 0.1) is 10.2 Å². The molecule has 0 fully saturated rings. The van der Waals surface area contributed by atoms with Gasteiger partial charge in [-0.15, -0.1) is 11.3 Å². The average molecular weight is 320 g/mol. The molecule has 17 heavy (non-hydrogen) atoms. The summed E-state index contributed by atoms with van der Waals surface area (Å²) in [5.41, 5.74) is -0.199. The molecule has 0 aliphatic carbocycles. The zero-order valence-corrected chi connectivity index (χ0v) is 12.8. The maximum atomic E-state index is 10.7. The number of aliphatic carboxylic acids is 1. The molecule has 96 valence electrons. The van der Waals surface area contributed by atoms with E-state index in [1.165, 1.54) is 4.88 Å². The summed E-state index contributed by atoms with van der Waals surface area (Å²) in [6.45, 7) is 5.61. The smallest absolute Gasteiger partial charge is 0.303 e. The highest BCUT2D eigenvalue weighted by Crippen LogP contribution is 2.25. The van der Waals surface area contributed by atoms with E-state index >= 15 is 0 Å². The van der Waals surface area contributed by atoms with Gasteiger partial charge in [0, 0.05) is 18.0 Å². The molecule has 0 bridgehead atoms. The molecule has 0 aliphatic heterocycles. The Kier molecular flexibility index (Phi) is 5.16. The van der Waals surface area contributed by atoms with Crippen LogP contribution in [0.4, 0.5) is 0 Å². The minimum Gasteiger partial charge on any atom is -0.481 e. The van der Waals surface area contributed by atoms with Gasteiger partial charge >= 0.3 is 5.97 Å². The number of carbonyl (C=O) groups is 1. The number of hydrogen-bond donors (Lipinski definition) is 1. The van der Waals surface area contributed by atoms with Crippen molar-refractivity contribution in [3.8, 4) is 0 Å². The summed E-state index contributed by atoms with van der Waals surface area (Å²) >= 11 is 5.15. The van der Waals surface area contributed by atoms with Gasteiger partial charge in [-0.25, -0.2) is 0 Å². The third-order valence-corrected chi connectivity index (χ3v) is 3.99. The Morgan fingerprint density at radius 1 is 1.53 bits per heavy atom. The van der Waals surface area contributed by atoms with Crippen LogP contribution in [0.15, 0.2) is 15.9 Å². The molecule has 0 amide bonds. The second-order valence-corrected chi connectivity index (χ2v) is 7.66. The molecule has 1 aromatic heterocycles. The highest BCUT2D eigenvalue weighted by atomic mass is 79.9. The molecule has 0 spiro atoms. The Bertz CT molecular complexity index is 390. The van der Waals surface area contributed by atoms with Crippen molar-refractivity contribution in [3.05, 3.63) is 20.8 Å². The van der Waals surface area contributed by atoms with E-state index in [9.17, 15) is 4.79 Å². The second-order valence-electron chi connectivity index (χ2n) is 5.11. The van der Waals surface area contributed by atoms with E-state index in [0.29, 0.717) is 0 Å². The standard InChI is InChI=1S/C12H18BrNO2S/c1-12(2,6-11(15)16)8-14(3)7-9-4-5-10(13)17-9/h4-5H,6-8H2,1-3H3,(H,15,16). The molecule has 0 atom stereocenters. The summed E-state index contributed by atoms with van der Waals surface area (Å²) in [5, 5.41) is 8.83. The normalized spacial score (nSPS) is 12.1. The zero-order valence-electron chi connectivity index (χ0n) is 10.4. The highest BCUT2D eigenvalue weighted by Gasteiger charge is 2.23. The second kappa shape index (κ2) is 5.98. The molecule has 1 aromatic rings. The van der Waals surface area contributed by atoms with Gasteiger partial charge < -0.3 is 10.0 Å². The van der Waals surface area contributed by atoms with E-state index in [2.05, 4.69) is 26.9 Å². The van der Waals surface area contributed by atoms with Crippen LogP contribution in [0.3, 0.4) is 0 Å². The molecule has 5 heteroatoms. The molecule has 0 unspecified atom stereocenters. The van der Waals surface area contributed by atoms with Crippen LogP contribution >= 0.6 is 27.3 Å². The Morgan fingerprint density at radius 3 is 2.65 bits per heavy atom. The van der Waals surface area contributed by atoms with Crippen molar-refractivity contribution >= 4 is 33.2 Å². The number of thiophene rings is 1. The Hall–Kier alpha value is -0.390. The summed E-state index contributed by atoms with van der Waals surface area (Å²) in [4.78, 5) is 14.2. The fourth-order valence-electron chi connectivity index (χ4n) is 1.95. The van der Waals surface area contributed by atoms with Crippen LogP contribution in [0.5, 0.6) is 0 Å². The molecule has 0 saturated heterocycles. The van der Waals surface area contributed by atoms with Gasteiger partial charge in [0.1, 0.15) is 0 Å². The number of carboxylic acids is 1. The SMILES string of the molecule is CN(Cc1ccc(Br)s1)CC(C)(C)CC(=O)O. The molecule has 1 N–H and O–H groups in total. The summed E-state index contributed by atoms with van der Waals surface area (Å²) in [7, 11) is 2.03. The molecular weight excluding hydrogens is 302 g/mol. The first-order valence-corrected chi connectivity index (χ1v) is 7.04.